The largest absolute Gasteiger partial charge is 0.306 e. The first-order valence-electron chi connectivity index (χ1n) is 10.9. The lowest BCUT2D eigenvalue weighted by Crippen LogP contribution is -2.45. The zero-order valence-electron chi connectivity index (χ0n) is 18.6. The minimum atomic E-state index is -0.591. The van der Waals surface area contributed by atoms with Gasteiger partial charge in [0.05, 0.1) is 23.3 Å². The molecule has 1 fully saturated rings. The second kappa shape index (κ2) is 8.28. The number of pyridine rings is 1. The lowest BCUT2D eigenvalue weighted by Gasteiger charge is -2.22. The lowest BCUT2D eigenvalue weighted by molar-refractivity contribution is 0.102. The molecule has 1 aliphatic heterocycles. The molecule has 0 bridgehead atoms. The molecule has 0 unspecified atom stereocenters. The Hall–Kier alpha value is -3.79. The maximum absolute atomic E-state index is 14.8. The van der Waals surface area contributed by atoms with E-state index >= 15 is 0 Å². The quantitative estimate of drug-likeness (QED) is 0.532. The summed E-state index contributed by atoms with van der Waals surface area (Å²) in [6.45, 7) is 5.83. The van der Waals surface area contributed by atoms with Crippen LogP contribution in [0.1, 0.15) is 61.3 Å². The summed E-state index contributed by atoms with van der Waals surface area (Å²) < 4.78 is 16.6. The Kier molecular flexibility index (Phi) is 5.29. The molecule has 1 amide bonds. The number of benzene rings is 1. The molecule has 33 heavy (non-hydrogen) atoms. The van der Waals surface area contributed by atoms with E-state index in [2.05, 4.69) is 31.5 Å². The Balaban J connectivity index is 0.00000274. The standard InChI is InChI=1S/C23H25FN8O.H2/c1-13(2)32-22(28-29-30-32)18-5-4-6-21(26-18)27-23(33)16-10-20(14(3)9-17(16)24)31-11-19(25-12-31)15-7-8-15;/h4-6,9-13,15,29-30H,7-8H2,1-3H3,(H,26,27,33);1H. The Morgan fingerprint density at radius 2 is 2.12 bits per heavy atom. The normalized spacial score (nSPS) is 15.5. The van der Waals surface area contributed by atoms with Crippen LogP contribution in [0.4, 0.5) is 10.2 Å². The molecule has 0 saturated heterocycles. The van der Waals surface area contributed by atoms with E-state index in [1.165, 1.54) is 6.07 Å². The molecule has 1 aromatic carbocycles. The van der Waals surface area contributed by atoms with Crippen molar-refractivity contribution >= 4 is 17.6 Å². The van der Waals surface area contributed by atoms with Crippen molar-refractivity contribution in [3.8, 4) is 5.69 Å². The number of hydrogen-bond donors (Lipinski definition) is 3. The predicted molar refractivity (Wildman–Crippen MR) is 124 cm³/mol. The Morgan fingerprint density at radius 1 is 1.30 bits per heavy atom. The fourth-order valence-corrected chi connectivity index (χ4v) is 3.78. The first-order chi connectivity index (χ1) is 15.9. The number of aromatic nitrogens is 3. The number of rotatable bonds is 6. The van der Waals surface area contributed by atoms with Gasteiger partial charge in [0.1, 0.15) is 17.3 Å². The maximum Gasteiger partial charge on any atom is 0.259 e. The minimum Gasteiger partial charge on any atom is -0.306 e. The highest BCUT2D eigenvalue weighted by Gasteiger charge is 2.26. The number of nitrogens with one attached hydrogen (secondary N) is 3. The van der Waals surface area contributed by atoms with E-state index in [0.717, 1.165) is 24.1 Å². The van der Waals surface area contributed by atoms with Crippen LogP contribution in [-0.4, -0.2) is 37.3 Å². The van der Waals surface area contributed by atoms with Gasteiger partial charge in [-0.2, -0.15) is 0 Å². The van der Waals surface area contributed by atoms with Crippen molar-refractivity contribution < 1.29 is 10.6 Å². The van der Waals surface area contributed by atoms with Gasteiger partial charge in [-0.25, -0.2) is 19.9 Å². The predicted octanol–water partition coefficient (Wildman–Crippen LogP) is 3.49. The van der Waals surface area contributed by atoms with Gasteiger partial charge in [0.2, 0.25) is 0 Å². The number of amides is 1. The topological polar surface area (TPSA) is 99.5 Å². The van der Waals surface area contributed by atoms with E-state index in [0.29, 0.717) is 29.0 Å². The monoisotopic (exact) mass is 450 g/mol. The summed E-state index contributed by atoms with van der Waals surface area (Å²) in [4.78, 5) is 21.9. The van der Waals surface area contributed by atoms with Crippen molar-refractivity contribution in [3.63, 3.8) is 0 Å². The molecule has 1 aliphatic carbocycles. The summed E-state index contributed by atoms with van der Waals surface area (Å²) >= 11 is 0. The SMILES string of the molecule is Cc1cc(F)c(C(=O)Nc2cccc(C3=NNNN3C(C)C)n2)cc1-n1cnc(C2CC2)c1.[HH]. The van der Waals surface area contributed by atoms with E-state index in [9.17, 15) is 9.18 Å². The van der Waals surface area contributed by atoms with Crippen molar-refractivity contribution in [2.24, 2.45) is 5.10 Å². The minimum absolute atomic E-state index is 0. The summed E-state index contributed by atoms with van der Waals surface area (Å²) in [6, 6.07) is 8.26. The molecule has 1 saturated carbocycles. The van der Waals surface area contributed by atoms with Gasteiger partial charge in [-0.3, -0.25) is 9.80 Å². The fourth-order valence-electron chi connectivity index (χ4n) is 3.78. The average Bonchev–Trinajstić information content (AvgIpc) is 3.31. The molecule has 9 nitrogen and oxygen atoms in total. The van der Waals surface area contributed by atoms with Crippen LogP contribution in [0.3, 0.4) is 0 Å². The van der Waals surface area contributed by atoms with Crippen LogP contribution < -0.4 is 16.4 Å². The van der Waals surface area contributed by atoms with E-state index in [1.807, 2.05) is 36.5 Å². The molecule has 3 heterocycles. The van der Waals surface area contributed by atoms with Crippen molar-refractivity contribution in [1.29, 1.82) is 0 Å². The van der Waals surface area contributed by atoms with Crippen LogP contribution in [0, 0.1) is 12.7 Å². The summed E-state index contributed by atoms with van der Waals surface area (Å²) in [6.07, 6.45) is 5.96. The number of halogens is 1. The summed E-state index contributed by atoms with van der Waals surface area (Å²) in [5.41, 5.74) is 8.62. The van der Waals surface area contributed by atoms with Crippen LogP contribution in [0.5, 0.6) is 0 Å². The van der Waals surface area contributed by atoms with E-state index in [1.54, 1.807) is 30.6 Å². The van der Waals surface area contributed by atoms with Gasteiger partial charge in [0.15, 0.2) is 5.84 Å². The highest BCUT2D eigenvalue weighted by atomic mass is 19.1. The summed E-state index contributed by atoms with van der Waals surface area (Å²) in [5, 5.41) is 8.74. The third-order valence-electron chi connectivity index (χ3n) is 5.70. The number of carbonyl (C=O) groups excluding carboxylic acids is 1. The first-order valence-corrected chi connectivity index (χ1v) is 10.9. The average molecular weight is 451 g/mol. The number of hydrazine groups is 2. The molecule has 10 heteroatoms. The summed E-state index contributed by atoms with van der Waals surface area (Å²) in [7, 11) is 0. The number of carbonyl (C=O) groups is 1. The zero-order chi connectivity index (χ0) is 23.1. The number of amidine groups is 1. The van der Waals surface area contributed by atoms with Gasteiger partial charge < -0.3 is 9.88 Å². The van der Waals surface area contributed by atoms with E-state index in [4.69, 9.17) is 0 Å². The number of aryl methyl sites for hydroxylation is 1. The van der Waals surface area contributed by atoms with Crippen molar-refractivity contribution in [2.75, 3.05) is 5.32 Å². The fraction of sp³-hybridized carbons (Fsp3) is 0.304. The van der Waals surface area contributed by atoms with Gasteiger partial charge in [-0.05, 0) is 63.4 Å². The zero-order valence-corrected chi connectivity index (χ0v) is 18.6. The molecule has 3 aromatic rings. The van der Waals surface area contributed by atoms with Crippen molar-refractivity contribution in [1.82, 2.24) is 30.6 Å². The molecular formula is C23H27FN8O. The van der Waals surface area contributed by atoms with Gasteiger partial charge in [-0.15, -0.1) is 10.6 Å². The van der Waals surface area contributed by atoms with E-state index in [-0.39, 0.29) is 13.0 Å². The number of imidazole rings is 1. The molecule has 3 N–H and O–H groups in total. The third kappa shape index (κ3) is 4.17. The molecule has 172 valence electrons. The first kappa shape index (κ1) is 21.1. The Morgan fingerprint density at radius 3 is 2.88 bits per heavy atom. The Bertz CT molecular complexity index is 1250. The van der Waals surface area contributed by atoms with E-state index < -0.39 is 11.7 Å². The highest BCUT2D eigenvalue weighted by Crippen LogP contribution is 2.39. The lowest BCUT2D eigenvalue weighted by atomic mass is 10.1. The molecule has 0 spiro atoms. The van der Waals surface area contributed by atoms with Gasteiger partial charge in [0, 0.05) is 19.6 Å². The van der Waals surface area contributed by atoms with Gasteiger partial charge in [-0.1, -0.05) is 6.07 Å². The second-order valence-corrected chi connectivity index (χ2v) is 8.58. The van der Waals surface area contributed by atoms with Crippen LogP contribution in [0.2, 0.25) is 0 Å². The van der Waals surface area contributed by atoms with Crippen LogP contribution in [-0.2, 0) is 0 Å². The molecule has 2 aliphatic rings. The van der Waals surface area contributed by atoms with Crippen molar-refractivity contribution in [3.05, 3.63) is 71.2 Å². The Labute approximate surface area is 192 Å². The molecule has 5 rings (SSSR count). The molecule has 0 atom stereocenters. The number of hydrogen-bond acceptors (Lipinski definition) is 7. The van der Waals surface area contributed by atoms with Gasteiger partial charge in [0.25, 0.3) is 5.91 Å². The van der Waals surface area contributed by atoms with Gasteiger partial charge >= 0.3 is 0 Å². The maximum atomic E-state index is 14.8. The molecule has 2 aromatic heterocycles. The second-order valence-electron chi connectivity index (χ2n) is 8.58. The molecular weight excluding hydrogens is 423 g/mol. The number of nitrogens with zero attached hydrogens (tertiary/aromatic N) is 5. The van der Waals surface area contributed by atoms with Crippen LogP contribution >= 0.6 is 0 Å². The van der Waals surface area contributed by atoms with Crippen LogP contribution in [0.25, 0.3) is 5.69 Å². The summed E-state index contributed by atoms with van der Waals surface area (Å²) in [5.74, 6) is 0.236. The third-order valence-corrected chi connectivity index (χ3v) is 5.70. The number of anilines is 1. The van der Waals surface area contributed by atoms with Crippen LogP contribution in [0.15, 0.2) is 48.0 Å². The smallest absolute Gasteiger partial charge is 0.259 e. The highest BCUT2D eigenvalue weighted by molar-refractivity contribution is 6.05. The van der Waals surface area contributed by atoms with Crippen molar-refractivity contribution in [2.45, 2.75) is 45.6 Å². The number of hydrazone groups is 1. The molecule has 0 radical (unpaired) electrons.